The smallest absolute Gasteiger partial charge is 0.739 e. The van der Waals surface area contributed by atoms with Gasteiger partial charge in [-0.25, -0.2) is 8.42 Å². The summed E-state index contributed by atoms with van der Waals surface area (Å²) < 4.78 is 30.5. The second-order valence-electron chi connectivity index (χ2n) is 3.00. The van der Waals surface area contributed by atoms with Gasteiger partial charge < -0.3 is 4.55 Å². The zero-order valence-electron chi connectivity index (χ0n) is 8.99. The minimum atomic E-state index is -4.05. The number of rotatable bonds is 8. The molecule has 0 N–H and O–H groups in total. The van der Waals surface area contributed by atoms with Gasteiger partial charge in [-0.05, 0) is 17.2 Å². The van der Waals surface area contributed by atoms with Crippen molar-refractivity contribution in [2.75, 3.05) is 5.75 Å². The van der Waals surface area contributed by atoms with Crippen molar-refractivity contribution in [2.24, 2.45) is 0 Å². The Kier molecular flexibility index (Phi) is 13.6. The Balaban J connectivity index is 0. The van der Waals surface area contributed by atoms with Gasteiger partial charge in [0.1, 0.15) is 9.15 Å². The summed E-state index contributed by atoms with van der Waals surface area (Å²) in [7, 11) is -3.54. The van der Waals surface area contributed by atoms with Crippen molar-refractivity contribution in [3.8, 4) is 0 Å². The maximum absolute atomic E-state index is 10.2. The molecule has 0 unspecified atom stereocenters. The predicted octanol–water partition coefficient (Wildman–Crippen LogP) is -0.456. The second-order valence-corrected chi connectivity index (χ2v) is 6.39. The van der Waals surface area contributed by atoms with Crippen LogP contribution >= 0.6 is 10.8 Å². The summed E-state index contributed by atoms with van der Waals surface area (Å²) in [4.78, 5) is 0. The summed E-state index contributed by atoms with van der Waals surface area (Å²) in [6.07, 6.45) is 6.67. The fourth-order valence-electron chi connectivity index (χ4n) is 1.04. The normalized spacial score (nSPS) is 11.0. The van der Waals surface area contributed by atoms with E-state index in [1.807, 2.05) is 0 Å². The second kappa shape index (κ2) is 10.8. The molecule has 0 atom stereocenters. The van der Waals surface area contributed by atoms with E-state index in [1.54, 1.807) is 0 Å². The van der Waals surface area contributed by atoms with Crippen molar-refractivity contribution < 1.29 is 42.5 Å². The standard InChI is InChI=1S/C8H18O3S2.Na/c1-2-3-4-5-6-7-8-12-13(9,10)11;/h2-8H2,1H3,(H,9,10,11);/q;+1/p-1. The molecular formula is C8H17NaO3S2. The van der Waals surface area contributed by atoms with Gasteiger partial charge in [0.15, 0.2) is 0 Å². The Morgan fingerprint density at radius 3 is 2.07 bits per heavy atom. The molecule has 0 heterocycles. The molecule has 0 saturated carbocycles. The SMILES string of the molecule is CCCCCCCCSS(=O)(=O)[O-].[Na+]. The maximum Gasteiger partial charge on any atom is 1.00 e. The first-order chi connectivity index (χ1) is 6.06. The van der Waals surface area contributed by atoms with Crippen LogP contribution in [0.5, 0.6) is 0 Å². The molecule has 0 radical (unpaired) electrons. The van der Waals surface area contributed by atoms with Crippen molar-refractivity contribution in [1.29, 1.82) is 0 Å². The minimum Gasteiger partial charge on any atom is -0.739 e. The Bertz CT molecular complexity index is 205. The van der Waals surface area contributed by atoms with E-state index < -0.39 is 9.15 Å². The number of unbranched alkanes of at least 4 members (excludes halogenated alkanes) is 5. The van der Waals surface area contributed by atoms with Gasteiger partial charge in [0.25, 0.3) is 0 Å². The van der Waals surface area contributed by atoms with E-state index in [0.717, 1.165) is 19.3 Å². The molecule has 0 aromatic rings. The topological polar surface area (TPSA) is 57.2 Å². The largest absolute Gasteiger partial charge is 1.00 e. The van der Waals surface area contributed by atoms with Gasteiger partial charge in [-0.2, -0.15) is 0 Å². The van der Waals surface area contributed by atoms with Crippen molar-refractivity contribution in [3.63, 3.8) is 0 Å². The third kappa shape index (κ3) is 15.7. The monoisotopic (exact) mass is 248 g/mol. The Morgan fingerprint density at radius 1 is 1.07 bits per heavy atom. The minimum absolute atomic E-state index is 0. The predicted molar refractivity (Wildman–Crippen MR) is 55.5 cm³/mol. The first-order valence-corrected chi connectivity index (χ1v) is 7.57. The third-order valence-corrected chi connectivity index (χ3v) is 3.84. The van der Waals surface area contributed by atoms with Crippen LogP contribution in [0.15, 0.2) is 0 Å². The van der Waals surface area contributed by atoms with E-state index in [9.17, 15) is 13.0 Å². The van der Waals surface area contributed by atoms with Crippen LogP contribution in [0, 0.1) is 0 Å². The first kappa shape index (κ1) is 17.6. The summed E-state index contributed by atoms with van der Waals surface area (Å²) >= 11 is 0. The van der Waals surface area contributed by atoms with Crippen molar-refractivity contribution in [2.45, 2.75) is 45.4 Å². The zero-order valence-corrected chi connectivity index (χ0v) is 12.6. The molecule has 0 spiro atoms. The molecule has 0 aliphatic heterocycles. The Morgan fingerprint density at radius 2 is 1.57 bits per heavy atom. The molecule has 0 amide bonds. The third-order valence-electron chi connectivity index (χ3n) is 1.73. The summed E-state index contributed by atoms with van der Waals surface area (Å²) in [5.74, 6) is 0.442. The van der Waals surface area contributed by atoms with Crippen molar-refractivity contribution in [3.05, 3.63) is 0 Å². The van der Waals surface area contributed by atoms with Crippen LogP contribution in [-0.2, 0) is 9.15 Å². The quantitative estimate of drug-likeness (QED) is 0.252. The van der Waals surface area contributed by atoms with Gasteiger partial charge in [0, 0.05) is 5.75 Å². The van der Waals surface area contributed by atoms with Crippen molar-refractivity contribution >= 4 is 19.9 Å². The van der Waals surface area contributed by atoms with Crippen LogP contribution in [0.1, 0.15) is 45.4 Å². The van der Waals surface area contributed by atoms with E-state index in [0.29, 0.717) is 16.5 Å². The summed E-state index contributed by atoms with van der Waals surface area (Å²) in [5.41, 5.74) is 0. The van der Waals surface area contributed by atoms with Crippen LogP contribution in [0.4, 0.5) is 0 Å². The molecule has 0 aliphatic carbocycles. The van der Waals surface area contributed by atoms with Crippen LogP contribution in [0.25, 0.3) is 0 Å². The maximum atomic E-state index is 10.2. The summed E-state index contributed by atoms with van der Waals surface area (Å²) in [6, 6.07) is 0. The molecule has 3 nitrogen and oxygen atoms in total. The van der Waals surface area contributed by atoms with Gasteiger partial charge in [-0.1, -0.05) is 39.0 Å². The van der Waals surface area contributed by atoms with E-state index in [2.05, 4.69) is 6.92 Å². The fraction of sp³-hybridized carbons (Fsp3) is 1.00. The zero-order chi connectivity index (χ0) is 10.2. The molecule has 0 rings (SSSR count). The van der Waals surface area contributed by atoms with E-state index in [4.69, 9.17) is 0 Å². The molecule has 0 aliphatic rings. The fourth-order valence-corrected chi connectivity index (χ4v) is 2.54. The van der Waals surface area contributed by atoms with Gasteiger partial charge in [0.05, 0.1) is 0 Å². The molecule has 80 valence electrons. The van der Waals surface area contributed by atoms with Crippen LogP contribution in [0.3, 0.4) is 0 Å². The van der Waals surface area contributed by atoms with E-state index in [-0.39, 0.29) is 29.6 Å². The van der Waals surface area contributed by atoms with Gasteiger partial charge in [-0.15, -0.1) is 0 Å². The molecule has 0 saturated heterocycles. The van der Waals surface area contributed by atoms with Gasteiger partial charge in [-0.3, -0.25) is 0 Å². The molecule has 0 aromatic carbocycles. The molecule has 0 bridgehead atoms. The number of hydrogen-bond acceptors (Lipinski definition) is 4. The molecular weight excluding hydrogens is 231 g/mol. The van der Waals surface area contributed by atoms with E-state index in [1.165, 1.54) is 19.3 Å². The summed E-state index contributed by atoms with van der Waals surface area (Å²) in [6.45, 7) is 2.15. The molecule has 14 heavy (non-hydrogen) atoms. The van der Waals surface area contributed by atoms with Crippen molar-refractivity contribution in [1.82, 2.24) is 0 Å². The van der Waals surface area contributed by atoms with Crippen LogP contribution in [0.2, 0.25) is 0 Å². The average molecular weight is 248 g/mol. The van der Waals surface area contributed by atoms with E-state index >= 15 is 0 Å². The Labute approximate surface area is 113 Å². The number of hydrogen-bond donors (Lipinski definition) is 0. The molecule has 6 heteroatoms. The molecule has 0 fully saturated rings. The average Bonchev–Trinajstić information content (AvgIpc) is 2.01. The first-order valence-electron chi connectivity index (χ1n) is 4.66. The Hall–Kier alpha value is 1.26. The summed E-state index contributed by atoms with van der Waals surface area (Å²) in [5, 5.41) is 0. The van der Waals surface area contributed by atoms with Crippen LogP contribution in [-0.4, -0.2) is 18.7 Å². The van der Waals surface area contributed by atoms with Gasteiger partial charge >= 0.3 is 29.6 Å². The van der Waals surface area contributed by atoms with Gasteiger partial charge in [0.2, 0.25) is 0 Å². The van der Waals surface area contributed by atoms with Crippen LogP contribution < -0.4 is 29.6 Å². The molecule has 0 aromatic heterocycles.